The molecule has 6 nitrogen and oxygen atoms in total. The minimum atomic E-state index is -0.836. The van der Waals surface area contributed by atoms with Crippen molar-refractivity contribution in [3.05, 3.63) is 39.5 Å². The molecular formula is C35H49NO5. The highest BCUT2D eigenvalue weighted by Crippen LogP contribution is 2.68. The average Bonchev–Trinajstić information content (AvgIpc) is 2.80. The number of fused-ring (bicyclic) bond motifs is 3. The van der Waals surface area contributed by atoms with Crippen LogP contribution in [0.5, 0.6) is 0 Å². The first-order valence-corrected chi connectivity index (χ1v) is 15.0. The van der Waals surface area contributed by atoms with E-state index in [1.165, 1.54) is 6.92 Å². The minimum absolute atomic E-state index is 0.0542. The predicted octanol–water partition coefficient (Wildman–Crippen LogP) is 6.48. The van der Waals surface area contributed by atoms with Crippen molar-refractivity contribution in [3.63, 3.8) is 0 Å². The number of ether oxygens (including phenoxy) is 1. The Kier molecular flexibility index (Phi) is 7.54. The van der Waals surface area contributed by atoms with E-state index < -0.39 is 5.41 Å². The summed E-state index contributed by atoms with van der Waals surface area (Å²) in [6, 6.07) is 2.05. The summed E-state index contributed by atoms with van der Waals surface area (Å²) in [5.41, 5.74) is 3.80. The van der Waals surface area contributed by atoms with Crippen LogP contribution < -0.4 is 4.90 Å². The van der Waals surface area contributed by atoms with Gasteiger partial charge in [-0.15, -0.1) is 0 Å². The van der Waals surface area contributed by atoms with E-state index >= 15 is 0 Å². The van der Waals surface area contributed by atoms with Crippen molar-refractivity contribution >= 4 is 29.0 Å². The number of anilines is 1. The summed E-state index contributed by atoms with van der Waals surface area (Å²) < 4.78 is 5.58. The standard InChI is InChI=1S/C35H49NO5/c1-19-15-34(9)17-33(8)16-24-25(36(11)12)13-23(14-26(38)41-18-32(5,6)7)20(2)28(24)30(39)29(33)21(3)35(34,10)31(40)27(19)22(4)37/h13,21,29H,14-18H2,1-12H3. The molecule has 0 N–H and O–H groups in total. The largest absolute Gasteiger partial charge is 0.465 e. The van der Waals surface area contributed by atoms with Gasteiger partial charge >= 0.3 is 5.97 Å². The lowest BCUT2D eigenvalue weighted by Gasteiger charge is -2.64. The number of esters is 1. The smallest absolute Gasteiger partial charge is 0.310 e. The van der Waals surface area contributed by atoms with Crippen LogP contribution in [0.25, 0.3) is 0 Å². The van der Waals surface area contributed by atoms with Gasteiger partial charge in [-0.1, -0.05) is 54.0 Å². The summed E-state index contributed by atoms with van der Waals surface area (Å²) in [4.78, 5) is 56.4. The van der Waals surface area contributed by atoms with E-state index in [2.05, 4.69) is 26.8 Å². The minimum Gasteiger partial charge on any atom is -0.465 e. The molecule has 1 aromatic rings. The van der Waals surface area contributed by atoms with E-state index in [0.717, 1.165) is 34.4 Å². The third-order valence-corrected chi connectivity index (χ3v) is 10.7. The van der Waals surface area contributed by atoms with Crippen LogP contribution in [0.15, 0.2) is 17.2 Å². The van der Waals surface area contributed by atoms with Gasteiger partial charge in [0.15, 0.2) is 17.3 Å². The summed E-state index contributed by atoms with van der Waals surface area (Å²) in [5, 5.41) is 0. The van der Waals surface area contributed by atoms with Crippen LogP contribution in [0, 0.1) is 40.4 Å². The Balaban J connectivity index is 1.84. The Morgan fingerprint density at radius 2 is 1.68 bits per heavy atom. The molecule has 0 spiro atoms. The molecule has 0 heterocycles. The molecule has 1 aromatic carbocycles. The molecule has 5 atom stereocenters. The summed E-state index contributed by atoms with van der Waals surface area (Å²) >= 11 is 0. The van der Waals surface area contributed by atoms with Gasteiger partial charge in [-0.25, -0.2) is 0 Å². The van der Waals surface area contributed by atoms with Crippen LogP contribution in [-0.2, 0) is 32.0 Å². The SMILES string of the molecule is CC(=O)C1=C(C)CC2(C)CC3(C)Cc4c(N(C)C)cc(CC(=O)OCC(C)(C)C)c(C)c4C(=O)C3C(C)C2(C)C1=O. The van der Waals surface area contributed by atoms with Gasteiger partial charge in [-0.2, -0.15) is 0 Å². The second-order valence-electron chi connectivity index (χ2n) is 15.4. The van der Waals surface area contributed by atoms with Crippen LogP contribution >= 0.6 is 0 Å². The Morgan fingerprint density at radius 3 is 2.22 bits per heavy atom. The Hall–Kier alpha value is -2.76. The summed E-state index contributed by atoms with van der Waals surface area (Å²) in [6.45, 7) is 20.2. The lowest BCUT2D eigenvalue weighted by atomic mass is 9.38. The topological polar surface area (TPSA) is 80.8 Å². The summed E-state index contributed by atoms with van der Waals surface area (Å²) in [5.74, 6) is -1.18. The number of nitrogens with zero attached hydrogens (tertiary/aromatic N) is 1. The van der Waals surface area contributed by atoms with Crippen molar-refractivity contribution in [2.24, 2.45) is 33.5 Å². The fourth-order valence-electron chi connectivity index (χ4n) is 8.74. The highest BCUT2D eigenvalue weighted by atomic mass is 16.5. The molecule has 41 heavy (non-hydrogen) atoms. The number of carbonyl (C=O) groups is 4. The highest BCUT2D eigenvalue weighted by Gasteiger charge is 2.67. The summed E-state index contributed by atoms with van der Waals surface area (Å²) in [6.07, 6.45) is 2.21. The molecular weight excluding hydrogens is 514 g/mol. The maximum absolute atomic E-state index is 14.7. The second-order valence-corrected chi connectivity index (χ2v) is 15.4. The third kappa shape index (κ3) is 4.79. The van der Waals surface area contributed by atoms with Crippen LogP contribution in [0.4, 0.5) is 5.69 Å². The van der Waals surface area contributed by atoms with E-state index in [-0.39, 0.29) is 57.8 Å². The zero-order valence-electron chi connectivity index (χ0n) is 27.3. The van der Waals surface area contributed by atoms with Gasteiger partial charge in [0.05, 0.1) is 18.6 Å². The molecule has 4 rings (SSSR count). The number of ketones is 3. The quantitative estimate of drug-likeness (QED) is 0.301. The van der Waals surface area contributed by atoms with E-state index in [0.29, 0.717) is 30.6 Å². The zero-order valence-corrected chi connectivity index (χ0v) is 27.3. The maximum Gasteiger partial charge on any atom is 0.310 e. The van der Waals surface area contributed by atoms with Crippen LogP contribution in [0.1, 0.15) is 102 Å². The Morgan fingerprint density at radius 1 is 1.07 bits per heavy atom. The van der Waals surface area contributed by atoms with E-state index in [1.807, 2.05) is 60.5 Å². The monoisotopic (exact) mass is 563 g/mol. The lowest BCUT2D eigenvalue weighted by Crippen LogP contribution is -2.64. The molecule has 0 bridgehead atoms. The molecule has 0 amide bonds. The Labute approximate surface area is 246 Å². The highest BCUT2D eigenvalue weighted by molar-refractivity contribution is 6.23. The molecule has 0 aromatic heterocycles. The molecule has 224 valence electrons. The number of hydrogen-bond acceptors (Lipinski definition) is 6. The number of Topliss-reactive ketones (excluding diaryl/α,β-unsaturated/α-hetero) is 3. The Bertz CT molecular complexity index is 1380. The molecule has 3 aliphatic rings. The van der Waals surface area contributed by atoms with Crippen LogP contribution in [0.2, 0.25) is 0 Å². The molecule has 5 unspecified atom stereocenters. The van der Waals surface area contributed by atoms with Crippen molar-refractivity contribution < 1.29 is 23.9 Å². The third-order valence-electron chi connectivity index (χ3n) is 10.7. The molecule has 0 saturated heterocycles. The van der Waals surface area contributed by atoms with Gasteiger partial charge in [0, 0.05) is 36.7 Å². The van der Waals surface area contributed by atoms with Gasteiger partial charge in [0.1, 0.15) is 0 Å². The molecule has 0 radical (unpaired) electrons. The number of allylic oxidation sites excluding steroid dienone is 2. The van der Waals surface area contributed by atoms with Crippen molar-refractivity contribution in [1.29, 1.82) is 0 Å². The van der Waals surface area contributed by atoms with Gasteiger partial charge in [0.2, 0.25) is 0 Å². The van der Waals surface area contributed by atoms with Gasteiger partial charge in [0.25, 0.3) is 0 Å². The maximum atomic E-state index is 14.7. The average molecular weight is 564 g/mol. The number of benzene rings is 1. The molecule has 1 fully saturated rings. The predicted molar refractivity (Wildman–Crippen MR) is 162 cm³/mol. The van der Waals surface area contributed by atoms with Crippen LogP contribution in [0.3, 0.4) is 0 Å². The van der Waals surface area contributed by atoms with Crippen molar-refractivity contribution in [3.8, 4) is 0 Å². The molecule has 1 saturated carbocycles. The lowest BCUT2D eigenvalue weighted by molar-refractivity contribution is -0.159. The summed E-state index contributed by atoms with van der Waals surface area (Å²) in [7, 11) is 3.95. The fraction of sp³-hybridized carbons (Fsp3) is 0.657. The van der Waals surface area contributed by atoms with Gasteiger partial charge in [-0.05, 0) is 85.0 Å². The van der Waals surface area contributed by atoms with E-state index in [4.69, 9.17) is 4.74 Å². The van der Waals surface area contributed by atoms with E-state index in [1.54, 1.807) is 0 Å². The van der Waals surface area contributed by atoms with E-state index in [9.17, 15) is 19.2 Å². The number of carbonyl (C=O) groups excluding carboxylic acids is 4. The molecule has 0 aliphatic heterocycles. The molecule has 3 aliphatic carbocycles. The van der Waals surface area contributed by atoms with Crippen molar-refractivity contribution in [2.45, 2.75) is 94.9 Å². The first-order valence-electron chi connectivity index (χ1n) is 15.0. The normalized spacial score (nSPS) is 31.3. The number of hydrogen-bond donors (Lipinski definition) is 0. The first-order chi connectivity index (χ1) is 18.7. The second kappa shape index (κ2) is 9.91. The zero-order chi connectivity index (χ0) is 31.0. The number of rotatable bonds is 5. The van der Waals surface area contributed by atoms with Crippen molar-refractivity contribution in [1.82, 2.24) is 0 Å². The fourth-order valence-corrected chi connectivity index (χ4v) is 8.74. The van der Waals surface area contributed by atoms with Gasteiger partial charge < -0.3 is 9.64 Å². The first kappa shape index (κ1) is 31.2. The van der Waals surface area contributed by atoms with Crippen LogP contribution in [-0.4, -0.2) is 44.0 Å². The molecule has 6 heteroatoms. The van der Waals surface area contributed by atoms with Gasteiger partial charge in [-0.3, -0.25) is 19.2 Å². The van der Waals surface area contributed by atoms with Crippen molar-refractivity contribution in [2.75, 3.05) is 25.6 Å².